The Balaban J connectivity index is 2.94. The summed E-state index contributed by atoms with van der Waals surface area (Å²) >= 11 is 0. The second-order valence-electron chi connectivity index (χ2n) is 3.30. The molecule has 88 valence electrons. The summed E-state index contributed by atoms with van der Waals surface area (Å²) in [7, 11) is 0. The van der Waals surface area contributed by atoms with E-state index in [0.717, 1.165) is 12.1 Å². The molecule has 0 aromatic heterocycles. The Labute approximate surface area is 92.8 Å². The lowest BCUT2D eigenvalue weighted by Gasteiger charge is -2.20. The van der Waals surface area contributed by atoms with Crippen molar-refractivity contribution >= 4 is 5.91 Å². The fourth-order valence-corrected chi connectivity index (χ4v) is 1.39. The van der Waals surface area contributed by atoms with Crippen molar-refractivity contribution in [2.45, 2.75) is 6.92 Å². The van der Waals surface area contributed by atoms with Gasteiger partial charge in [-0.3, -0.25) is 4.79 Å². The number of nitrogens with two attached hydrogens (primary N) is 1. The fourth-order valence-electron chi connectivity index (χ4n) is 1.39. The first-order chi connectivity index (χ1) is 7.60. The van der Waals surface area contributed by atoms with Crippen LogP contribution in [0.3, 0.4) is 0 Å². The molecule has 1 aromatic carbocycles. The molecule has 0 aliphatic heterocycles. The molecule has 0 fully saturated rings. The van der Waals surface area contributed by atoms with E-state index in [0.29, 0.717) is 25.7 Å². The Morgan fingerprint density at radius 3 is 2.62 bits per heavy atom. The van der Waals surface area contributed by atoms with Crippen molar-refractivity contribution in [3.05, 3.63) is 35.4 Å². The number of hydrogen-bond acceptors (Lipinski definition) is 2. The van der Waals surface area contributed by atoms with Crippen molar-refractivity contribution in [1.29, 1.82) is 0 Å². The summed E-state index contributed by atoms with van der Waals surface area (Å²) in [6.45, 7) is 2.87. The molecule has 1 rings (SSSR count). The molecule has 1 aromatic rings. The maximum absolute atomic E-state index is 13.3. The molecule has 3 nitrogen and oxygen atoms in total. The molecule has 0 spiro atoms. The van der Waals surface area contributed by atoms with Gasteiger partial charge in [-0.15, -0.1) is 0 Å². The largest absolute Gasteiger partial charge is 0.338 e. The van der Waals surface area contributed by atoms with Crippen LogP contribution in [0.4, 0.5) is 8.78 Å². The van der Waals surface area contributed by atoms with Crippen LogP contribution in [0.15, 0.2) is 18.2 Å². The van der Waals surface area contributed by atoms with E-state index in [9.17, 15) is 13.6 Å². The number of likely N-dealkylation sites (N-methyl/N-ethyl adjacent to an activating group) is 1. The van der Waals surface area contributed by atoms with Crippen LogP contribution in [0.1, 0.15) is 17.3 Å². The van der Waals surface area contributed by atoms with Crippen molar-refractivity contribution in [3.63, 3.8) is 0 Å². The van der Waals surface area contributed by atoms with Gasteiger partial charge in [0.2, 0.25) is 0 Å². The number of benzene rings is 1. The van der Waals surface area contributed by atoms with Gasteiger partial charge in [0.25, 0.3) is 5.91 Å². The molecule has 0 aliphatic rings. The van der Waals surface area contributed by atoms with E-state index in [1.165, 1.54) is 4.90 Å². The molecular formula is C11H14F2N2O. The molecule has 2 N–H and O–H groups in total. The van der Waals surface area contributed by atoms with Crippen molar-refractivity contribution in [3.8, 4) is 0 Å². The van der Waals surface area contributed by atoms with Gasteiger partial charge in [-0.05, 0) is 19.1 Å². The van der Waals surface area contributed by atoms with Crippen LogP contribution >= 0.6 is 0 Å². The summed E-state index contributed by atoms with van der Waals surface area (Å²) in [6.07, 6.45) is 0. The number of rotatable bonds is 4. The average Bonchev–Trinajstić information content (AvgIpc) is 2.25. The highest BCUT2D eigenvalue weighted by atomic mass is 19.1. The highest BCUT2D eigenvalue weighted by Gasteiger charge is 2.17. The Morgan fingerprint density at radius 1 is 1.44 bits per heavy atom. The standard InChI is InChI=1S/C11H14F2N2O/c1-2-15(6-5-14)11(16)9-4-3-8(12)7-10(9)13/h3-4,7H,2,5-6,14H2,1H3. The minimum Gasteiger partial charge on any atom is -0.338 e. The lowest BCUT2D eigenvalue weighted by Crippen LogP contribution is -2.35. The Morgan fingerprint density at radius 2 is 2.12 bits per heavy atom. The first-order valence-electron chi connectivity index (χ1n) is 5.04. The number of nitrogens with zero attached hydrogens (tertiary/aromatic N) is 1. The molecule has 0 aliphatic carbocycles. The molecule has 5 heteroatoms. The van der Waals surface area contributed by atoms with Gasteiger partial charge in [0.15, 0.2) is 0 Å². The lowest BCUT2D eigenvalue weighted by atomic mass is 10.2. The van der Waals surface area contributed by atoms with Crippen LogP contribution in [-0.4, -0.2) is 30.4 Å². The topological polar surface area (TPSA) is 46.3 Å². The van der Waals surface area contributed by atoms with Gasteiger partial charge >= 0.3 is 0 Å². The predicted octanol–water partition coefficient (Wildman–Crippen LogP) is 1.39. The summed E-state index contributed by atoms with van der Waals surface area (Å²) in [5, 5.41) is 0. The van der Waals surface area contributed by atoms with Crippen molar-refractivity contribution in [1.82, 2.24) is 4.90 Å². The summed E-state index contributed by atoms with van der Waals surface area (Å²) in [5.74, 6) is -2.01. The maximum Gasteiger partial charge on any atom is 0.256 e. The third-order valence-electron chi connectivity index (χ3n) is 2.23. The van der Waals surface area contributed by atoms with E-state index < -0.39 is 17.5 Å². The van der Waals surface area contributed by atoms with Gasteiger partial charge < -0.3 is 10.6 Å². The minimum atomic E-state index is -0.847. The van der Waals surface area contributed by atoms with Gasteiger partial charge in [-0.25, -0.2) is 8.78 Å². The van der Waals surface area contributed by atoms with E-state index in [1.54, 1.807) is 6.92 Å². The second kappa shape index (κ2) is 5.55. The van der Waals surface area contributed by atoms with Crippen molar-refractivity contribution in [2.75, 3.05) is 19.6 Å². The molecule has 0 bridgehead atoms. The molecule has 0 heterocycles. The SMILES string of the molecule is CCN(CCN)C(=O)c1ccc(F)cc1F. The van der Waals surface area contributed by atoms with Crippen LogP contribution in [0, 0.1) is 11.6 Å². The van der Waals surface area contributed by atoms with Crippen LogP contribution < -0.4 is 5.73 Å². The van der Waals surface area contributed by atoms with Crippen LogP contribution in [-0.2, 0) is 0 Å². The van der Waals surface area contributed by atoms with Gasteiger partial charge in [-0.2, -0.15) is 0 Å². The Bertz CT molecular complexity index is 382. The number of amides is 1. The third-order valence-corrected chi connectivity index (χ3v) is 2.23. The Hall–Kier alpha value is -1.49. The number of hydrogen-bond donors (Lipinski definition) is 1. The van der Waals surface area contributed by atoms with Gasteiger partial charge in [0.05, 0.1) is 5.56 Å². The van der Waals surface area contributed by atoms with Gasteiger partial charge in [0.1, 0.15) is 11.6 Å². The highest BCUT2D eigenvalue weighted by molar-refractivity contribution is 5.94. The quantitative estimate of drug-likeness (QED) is 0.846. The number of halogens is 2. The smallest absolute Gasteiger partial charge is 0.256 e. The maximum atomic E-state index is 13.3. The zero-order chi connectivity index (χ0) is 12.1. The molecule has 16 heavy (non-hydrogen) atoms. The monoisotopic (exact) mass is 228 g/mol. The minimum absolute atomic E-state index is 0.128. The van der Waals surface area contributed by atoms with Gasteiger partial charge in [0, 0.05) is 25.7 Å². The number of carbonyl (C=O) groups excluding carboxylic acids is 1. The van der Waals surface area contributed by atoms with Gasteiger partial charge in [-0.1, -0.05) is 0 Å². The molecule has 0 unspecified atom stereocenters. The second-order valence-corrected chi connectivity index (χ2v) is 3.30. The summed E-state index contributed by atoms with van der Waals surface area (Å²) in [4.78, 5) is 13.2. The summed E-state index contributed by atoms with van der Waals surface area (Å²) < 4.78 is 26.0. The fraction of sp³-hybridized carbons (Fsp3) is 0.364. The first-order valence-corrected chi connectivity index (χ1v) is 5.04. The van der Waals surface area contributed by atoms with Crippen LogP contribution in [0.2, 0.25) is 0 Å². The van der Waals surface area contributed by atoms with E-state index in [2.05, 4.69) is 0 Å². The van der Waals surface area contributed by atoms with Crippen molar-refractivity contribution in [2.24, 2.45) is 5.73 Å². The van der Waals surface area contributed by atoms with E-state index in [-0.39, 0.29) is 5.56 Å². The third kappa shape index (κ3) is 2.76. The molecule has 0 atom stereocenters. The lowest BCUT2D eigenvalue weighted by molar-refractivity contribution is 0.0764. The first kappa shape index (κ1) is 12.6. The summed E-state index contributed by atoms with van der Waals surface area (Å²) in [6, 6.07) is 2.91. The molecule has 0 saturated carbocycles. The van der Waals surface area contributed by atoms with Crippen LogP contribution in [0.5, 0.6) is 0 Å². The normalized spacial score (nSPS) is 10.2. The highest BCUT2D eigenvalue weighted by Crippen LogP contribution is 2.12. The van der Waals surface area contributed by atoms with E-state index in [4.69, 9.17) is 5.73 Å². The van der Waals surface area contributed by atoms with Crippen LogP contribution in [0.25, 0.3) is 0 Å². The number of carbonyl (C=O) groups is 1. The van der Waals surface area contributed by atoms with Crippen molar-refractivity contribution < 1.29 is 13.6 Å². The zero-order valence-electron chi connectivity index (χ0n) is 9.04. The average molecular weight is 228 g/mol. The van der Waals surface area contributed by atoms with E-state index in [1.807, 2.05) is 0 Å². The molecule has 0 saturated heterocycles. The molecule has 0 radical (unpaired) electrons. The molecule has 1 amide bonds. The zero-order valence-corrected chi connectivity index (χ0v) is 9.04. The Kier molecular flexibility index (Phi) is 4.37. The molecular weight excluding hydrogens is 214 g/mol. The predicted molar refractivity (Wildman–Crippen MR) is 57.0 cm³/mol. The van der Waals surface area contributed by atoms with E-state index >= 15 is 0 Å². The summed E-state index contributed by atoms with van der Waals surface area (Å²) in [5.41, 5.74) is 5.21.